The van der Waals surface area contributed by atoms with Crippen molar-refractivity contribution in [2.24, 2.45) is 5.92 Å². The minimum Gasteiger partial charge on any atom is -0.381 e. The third kappa shape index (κ3) is 2.65. The van der Waals surface area contributed by atoms with Crippen LogP contribution in [0.15, 0.2) is 0 Å². The van der Waals surface area contributed by atoms with Gasteiger partial charge in [0.2, 0.25) is 5.91 Å². The van der Waals surface area contributed by atoms with E-state index in [4.69, 9.17) is 4.74 Å². The number of amides is 1. The Kier molecular flexibility index (Phi) is 4.51. The second-order valence-electron chi connectivity index (χ2n) is 6.21. The van der Waals surface area contributed by atoms with Crippen LogP contribution in [0.25, 0.3) is 0 Å². The summed E-state index contributed by atoms with van der Waals surface area (Å²) in [5.41, 5.74) is -0.381. The summed E-state index contributed by atoms with van der Waals surface area (Å²) >= 11 is 0. The maximum Gasteiger partial charge on any atom is 0.244 e. The van der Waals surface area contributed by atoms with Crippen LogP contribution in [0.1, 0.15) is 53.4 Å². The number of hydrogen-bond donors (Lipinski definition) is 1. The molecule has 0 aromatic rings. The average Bonchev–Trinajstić information content (AvgIpc) is 2.99. The van der Waals surface area contributed by atoms with E-state index in [1.54, 1.807) is 0 Å². The minimum absolute atomic E-state index is 0.193. The zero-order chi connectivity index (χ0) is 14.0. The minimum atomic E-state index is -0.381. The SMILES string of the molecule is CCCC1NC(C)(CC)C(=O)N1C(C)C1CCOC1. The lowest BCUT2D eigenvalue weighted by Gasteiger charge is -2.33. The summed E-state index contributed by atoms with van der Waals surface area (Å²) in [5.74, 6) is 0.761. The maximum atomic E-state index is 12.8. The van der Waals surface area contributed by atoms with Gasteiger partial charge in [-0.05, 0) is 33.1 Å². The lowest BCUT2D eigenvalue weighted by molar-refractivity contribution is -0.136. The molecule has 2 rings (SSSR count). The first kappa shape index (κ1) is 14.8. The number of carbonyl (C=O) groups is 1. The molecule has 0 spiro atoms. The van der Waals surface area contributed by atoms with Crippen LogP contribution in [-0.2, 0) is 9.53 Å². The van der Waals surface area contributed by atoms with Crippen molar-refractivity contribution < 1.29 is 9.53 Å². The molecule has 2 heterocycles. The van der Waals surface area contributed by atoms with Crippen LogP contribution in [0, 0.1) is 5.92 Å². The molecule has 2 saturated heterocycles. The molecule has 0 radical (unpaired) electrons. The fourth-order valence-corrected chi connectivity index (χ4v) is 3.29. The number of ether oxygens (including phenoxy) is 1. The number of rotatable bonds is 5. The van der Waals surface area contributed by atoms with Gasteiger partial charge in [0, 0.05) is 18.6 Å². The molecular formula is C15H28N2O2. The van der Waals surface area contributed by atoms with E-state index in [1.165, 1.54) is 0 Å². The Morgan fingerprint density at radius 2 is 2.26 bits per heavy atom. The lowest BCUT2D eigenvalue weighted by atomic mass is 9.95. The number of hydrogen-bond acceptors (Lipinski definition) is 3. The predicted octanol–water partition coefficient (Wildman–Crippen LogP) is 2.14. The van der Waals surface area contributed by atoms with Crippen molar-refractivity contribution >= 4 is 5.91 Å². The van der Waals surface area contributed by atoms with Crippen molar-refractivity contribution in [1.29, 1.82) is 0 Å². The van der Waals surface area contributed by atoms with Gasteiger partial charge in [-0.15, -0.1) is 0 Å². The molecule has 4 unspecified atom stereocenters. The summed E-state index contributed by atoms with van der Waals surface area (Å²) in [6.07, 6.45) is 4.23. The second kappa shape index (κ2) is 5.80. The highest BCUT2D eigenvalue weighted by Crippen LogP contribution is 2.31. The fourth-order valence-electron chi connectivity index (χ4n) is 3.29. The molecule has 0 bridgehead atoms. The molecule has 110 valence electrons. The van der Waals surface area contributed by atoms with Gasteiger partial charge in [-0.1, -0.05) is 20.3 Å². The summed E-state index contributed by atoms with van der Waals surface area (Å²) in [6, 6.07) is 0.271. The largest absolute Gasteiger partial charge is 0.381 e. The molecule has 0 saturated carbocycles. The number of nitrogens with zero attached hydrogens (tertiary/aromatic N) is 1. The average molecular weight is 268 g/mol. The Hall–Kier alpha value is -0.610. The van der Waals surface area contributed by atoms with E-state index in [1.807, 2.05) is 6.92 Å². The highest BCUT2D eigenvalue weighted by Gasteiger charge is 2.49. The summed E-state index contributed by atoms with van der Waals surface area (Å²) in [6.45, 7) is 10.1. The predicted molar refractivity (Wildman–Crippen MR) is 75.8 cm³/mol. The van der Waals surface area contributed by atoms with Crippen LogP contribution in [0.5, 0.6) is 0 Å². The first-order valence-corrected chi connectivity index (χ1v) is 7.71. The summed E-state index contributed by atoms with van der Waals surface area (Å²) in [7, 11) is 0. The standard InChI is InChI=1S/C15H28N2O2/c1-5-7-13-16-15(4,6-2)14(18)17(13)11(3)12-8-9-19-10-12/h11-13,16H,5-10H2,1-4H3. The molecule has 1 N–H and O–H groups in total. The Morgan fingerprint density at radius 3 is 2.79 bits per heavy atom. The van der Waals surface area contributed by atoms with Crippen molar-refractivity contribution in [2.75, 3.05) is 13.2 Å². The molecule has 1 amide bonds. The molecular weight excluding hydrogens is 240 g/mol. The zero-order valence-corrected chi connectivity index (χ0v) is 12.7. The molecule has 0 aromatic heterocycles. The van der Waals surface area contributed by atoms with Gasteiger partial charge in [-0.2, -0.15) is 0 Å². The molecule has 0 aromatic carbocycles. The van der Waals surface area contributed by atoms with Crippen molar-refractivity contribution in [2.45, 2.75) is 71.1 Å². The van der Waals surface area contributed by atoms with Gasteiger partial charge in [0.25, 0.3) is 0 Å². The van der Waals surface area contributed by atoms with Crippen molar-refractivity contribution in [3.05, 3.63) is 0 Å². The Balaban J connectivity index is 2.16. The monoisotopic (exact) mass is 268 g/mol. The zero-order valence-electron chi connectivity index (χ0n) is 12.7. The van der Waals surface area contributed by atoms with E-state index >= 15 is 0 Å². The molecule has 2 fully saturated rings. The van der Waals surface area contributed by atoms with Gasteiger partial charge in [0.15, 0.2) is 0 Å². The molecule has 4 nitrogen and oxygen atoms in total. The first-order chi connectivity index (χ1) is 9.03. The highest BCUT2D eigenvalue weighted by atomic mass is 16.5. The highest BCUT2D eigenvalue weighted by molar-refractivity contribution is 5.88. The van der Waals surface area contributed by atoms with Crippen LogP contribution < -0.4 is 5.32 Å². The van der Waals surface area contributed by atoms with Gasteiger partial charge in [0.1, 0.15) is 0 Å². The third-order valence-corrected chi connectivity index (χ3v) is 4.88. The van der Waals surface area contributed by atoms with E-state index in [0.717, 1.165) is 38.9 Å². The van der Waals surface area contributed by atoms with Gasteiger partial charge < -0.3 is 9.64 Å². The number of nitrogens with one attached hydrogen (secondary N) is 1. The summed E-state index contributed by atoms with van der Waals surface area (Å²) in [4.78, 5) is 14.9. The van der Waals surface area contributed by atoms with Crippen LogP contribution in [0.3, 0.4) is 0 Å². The van der Waals surface area contributed by atoms with Gasteiger partial charge in [-0.3, -0.25) is 10.1 Å². The van der Waals surface area contributed by atoms with E-state index in [-0.39, 0.29) is 23.7 Å². The van der Waals surface area contributed by atoms with Crippen LogP contribution >= 0.6 is 0 Å². The van der Waals surface area contributed by atoms with E-state index in [2.05, 4.69) is 31.0 Å². The van der Waals surface area contributed by atoms with Crippen LogP contribution in [0.2, 0.25) is 0 Å². The van der Waals surface area contributed by atoms with Crippen molar-refractivity contribution in [3.8, 4) is 0 Å². The second-order valence-corrected chi connectivity index (χ2v) is 6.21. The van der Waals surface area contributed by atoms with Crippen molar-refractivity contribution in [1.82, 2.24) is 10.2 Å². The van der Waals surface area contributed by atoms with Crippen molar-refractivity contribution in [3.63, 3.8) is 0 Å². The molecule has 0 aliphatic carbocycles. The van der Waals surface area contributed by atoms with E-state index in [9.17, 15) is 4.79 Å². The normalized spacial score (nSPS) is 37.1. The van der Waals surface area contributed by atoms with Crippen LogP contribution in [-0.4, -0.2) is 41.8 Å². The Bertz CT molecular complexity index is 326. The third-order valence-electron chi connectivity index (χ3n) is 4.88. The van der Waals surface area contributed by atoms with E-state index in [0.29, 0.717) is 5.92 Å². The first-order valence-electron chi connectivity index (χ1n) is 7.71. The molecule has 4 heteroatoms. The Labute approximate surface area is 116 Å². The summed E-state index contributed by atoms with van der Waals surface area (Å²) in [5, 5.41) is 3.56. The molecule has 19 heavy (non-hydrogen) atoms. The summed E-state index contributed by atoms with van der Waals surface area (Å²) < 4.78 is 5.49. The van der Waals surface area contributed by atoms with Gasteiger partial charge >= 0.3 is 0 Å². The molecule has 4 atom stereocenters. The van der Waals surface area contributed by atoms with Gasteiger partial charge in [-0.25, -0.2) is 0 Å². The van der Waals surface area contributed by atoms with Gasteiger partial charge in [0.05, 0.1) is 18.3 Å². The maximum absolute atomic E-state index is 12.8. The fraction of sp³-hybridized carbons (Fsp3) is 0.933. The van der Waals surface area contributed by atoms with Crippen LogP contribution in [0.4, 0.5) is 0 Å². The smallest absolute Gasteiger partial charge is 0.244 e. The lowest BCUT2D eigenvalue weighted by Crippen LogP contribution is -2.47. The molecule has 2 aliphatic rings. The Morgan fingerprint density at radius 1 is 1.53 bits per heavy atom. The quantitative estimate of drug-likeness (QED) is 0.830. The van der Waals surface area contributed by atoms with E-state index < -0.39 is 0 Å². The number of carbonyl (C=O) groups excluding carboxylic acids is 1. The topological polar surface area (TPSA) is 41.6 Å². The molecule has 2 aliphatic heterocycles.